The number of benzene rings is 1. The van der Waals surface area contributed by atoms with Crippen LogP contribution in [0.15, 0.2) is 18.2 Å². The average Bonchev–Trinajstić information content (AvgIpc) is 3.19. The molecular formula is C18H21N3O3. The maximum absolute atomic E-state index is 13.0. The zero-order valence-corrected chi connectivity index (χ0v) is 13.7. The van der Waals surface area contributed by atoms with Gasteiger partial charge in [0.05, 0.1) is 16.8 Å². The summed E-state index contributed by atoms with van der Waals surface area (Å²) in [5.41, 5.74) is 3.73. The van der Waals surface area contributed by atoms with Gasteiger partial charge >= 0.3 is 5.97 Å². The van der Waals surface area contributed by atoms with Gasteiger partial charge in [-0.1, -0.05) is 12.1 Å². The number of carbonyl (C=O) groups excluding carboxylic acids is 1. The smallest absolute Gasteiger partial charge is 0.326 e. The van der Waals surface area contributed by atoms with Crippen molar-refractivity contribution in [1.29, 1.82) is 0 Å². The molecule has 2 aliphatic heterocycles. The molecule has 2 aromatic rings. The Bertz CT molecular complexity index is 826. The van der Waals surface area contributed by atoms with Crippen LogP contribution in [-0.4, -0.2) is 53.0 Å². The Labute approximate surface area is 140 Å². The number of rotatable bonds is 2. The first-order valence-corrected chi connectivity index (χ1v) is 8.46. The van der Waals surface area contributed by atoms with Gasteiger partial charge in [-0.15, -0.1) is 0 Å². The van der Waals surface area contributed by atoms with Crippen LogP contribution < -0.4 is 4.90 Å². The van der Waals surface area contributed by atoms with Gasteiger partial charge in [-0.05, 0) is 31.7 Å². The molecule has 4 rings (SSSR count). The van der Waals surface area contributed by atoms with E-state index in [0.717, 1.165) is 42.4 Å². The second-order valence-electron chi connectivity index (χ2n) is 6.70. The molecule has 1 atom stereocenters. The normalized spacial score (nSPS) is 20.5. The van der Waals surface area contributed by atoms with Crippen LogP contribution in [0.2, 0.25) is 0 Å². The number of amides is 1. The molecule has 6 nitrogen and oxygen atoms in total. The Morgan fingerprint density at radius 3 is 2.88 bits per heavy atom. The second-order valence-corrected chi connectivity index (χ2v) is 6.70. The zero-order chi connectivity index (χ0) is 16.8. The van der Waals surface area contributed by atoms with E-state index in [-0.39, 0.29) is 5.91 Å². The standard InChI is InChI=1S/C18H21N3O3/c1-20-9-3-7-13-16(20)11-5-2-6-12(15(11)19-13)17(22)21-10-4-8-14(21)18(23)24/h2,5-6,14,19H,3-4,7-10H2,1H3,(H,23,24). The molecule has 2 aliphatic rings. The molecule has 0 aliphatic carbocycles. The van der Waals surface area contributed by atoms with Gasteiger partial charge in [-0.25, -0.2) is 4.79 Å². The first-order chi connectivity index (χ1) is 11.6. The third-order valence-electron chi connectivity index (χ3n) is 5.21. The quantitative estimate of drug-likeness (QED) is 0.887. The van der Waals surface area contributed by atoms with Crippen LogP contribution in [-0.2, 0) is 11.2 Å². The van der Waals surface area contributed by atoms with Gasteiger partial charge in [0.25, 0.3) is 5.91 Å². The lowest BCUT2D eigenvalue weighted by Crippen LogP contribution is -2.40. The first-order valence-electron chi connectivity index (χ1n) is 8.46. The summed E-state index contributed by atoms with van der Waals surface area (Å²) >= 11 is 0. The molecule has 1 aromatic heterocycles. The lowest BCUT2D eigenvalue weighted by atomic mass is 10.1. The number of aliphatic carboxylic acids is 1. The van der Waals surface area contributed by atoms with E-state index in [0.29, 0.717) is 18.5 Å². The van der Waals surface area contributed by atoms with Gasteiger partial charge in [-0.3, -0.25) is 4.79 Å². The molecule has 0 saturated carbocycles. The van der Waals surface area contributed by atoms with Crippen molar-refractivity contribution in [3.8, 4) is 0 Å². The molecule has 1 unspecified atom stereocenters. The Kier molecular flexibility index (Phi) is 3.48. The fraction of sp³-hybridized carbons (Fsp3) is 0.444. The van der Waals surface area contributed by atoms with Crippen molar-refractivity contribution in [2.24, 2.45) is 0 Å². The fourth-order valence-corrected chi connectivity index (χ4v) is 4.08. The Hall–Kier alpha value is -2.50. The summed E-state index contributed by atoms with van der Waals surface area (Å²) in [4.78, 5) is 31.6. The van der Waals surface area contributed by atoms with Crippen LogP contribution in [0.3, 0.4) is 0 Å². The van der Waals surface area contributed by atoms with Gasteiger partial charge in [0.15, 0.2) is 0 Å². The first kappa shape index (κ1) is 15.1. The third-order valence-corrected chi connectivity index (χ3v) is 5.21. The van der Waals surface area contributed by atoms with Gasteiger partial charge in [0.1, 0.15) is 6.04 Å². The minimum absolute atomic E-state index is 0.188. The summed E-state index contributed by atoms with van der Waals surface area (Å²) in [6, 6.07) is 5.00. The molecule has 0 radical (unpaired) electrons. The minimum Gasteiger partial charge on any atom is -0.480 e. The van der Waals surface area contributed by atoms with Crippen LogP contribution in [0.4, 0.5) is 5.69 Å². The van der Waals surface area contributed by atoms with Crippen molar-refractivity contribution in [2.45, 2.75) is 31.7 Å². The summed E-state index contributed by atoms with van der Waals surface area (Å²) in [6.07, 6.45) is 3.33. The van der Waals surface area contributed by atoms with E-state index < -0.39 is 12.0 Å². The van der Waals surface area contributed by atoms with Crippen molar-refractivity contribution < 1.29 is 14.7 Å². The number of nitrogens with zero attached hydrogens (tertiary/aromatic N) is 2. The van der Waals surface area contributed by atoms with Gasteiger partial charge in [0.2, 0.25) is 0 Å². The number of aryl methyl sites for hydroxylation is 1. The van der Waals surface area contributed by atoms with Crippen LogP contribution in [0.25, 0.3) is 10.9 Å². The highest BCUT2D eigenvalue weighted by Crippen LogP contribution is 2.36. The molecular weight excluding hydrogens is 306 g/mol. The molecule has 6 heteroatoms. The highest BCUT2D eigenvalue weighted by molar-refractivity contribution is 6.10. The van der Waals surface area contributed by atoms with E-state index in [1.165, 1.54) is 10.6 Å². The predicted molar refractivity (Wildman–Crippen MR) is 91.6 cm³/mol. The number of aromatic nitrogens is 1. The van der Waals surface area contributed by atoms with Crippen molar-refractivity contribution in [2.75, 3.05) is 25.0 Å². The molecule has 0 spiro atoms. The Balaban J connectivity index is 1.80. The highest BCUT2D eigenvalue weighted by Gasteiger charge is 2.35. The van der Waals surface area contributed by atoms with E-state index in [4.69, 9.17) is 0 Å². The molecule has 2 N–H and O–H groups in total. The number of anilines is 1. The Morgan fingerprint density at radius 2 is 2.08 bits per heavy atom. The SMILES string of the molecule is CN1CCCc2[nH]c3c(C(=O)N4CCCC4C(=O)O)cccc3c21. The van der Waals surface area contributed by atoms with E-state index in [1.54, 1.807) is 6.07 Å². The molecule has 1 fully saturated rings. The number of fused-ring (bicyclic) bond motifs is 3. The summed E-state index contributed by atoms with van der Waals surface area (Å²) in [5.74, 6) is -1.11. The van der Waals surface area contributed by atoms with Crippen molar-refractivity contribution >= 4 is 28.5 Å². The zero-order valence-electron chi connectivity index (χ0n) is 13.7. The number of H-pyrrole nitrogens is 1. The average molecular weight is 327 g/mol. The van der Waals surface area contributed by atoms with Gasteiger partial charge in [0, 0.05) is 31.2 Å². The minimum atomic E-state index is -0.918. The lowest BCUT2D eigenvalue weighted by Gasteiger charge is -2.24. The number of carboxylic acids is 1. The summed E-state index contributed by atoms with van der Waals surface area (Å²) < 4.78 is 0. The number of nitrogens with one attached hydrogen (secondary N) is 1. The fourth-order valence-electron chi connectivity index (χ4n) is 4.08. The van der Waals surface area contributed by atoms with Crippen molar-refractivity contribution in [1.82, 2.24) is 9.88 Å². The van der Waals surface area contributed by atoms with E-state index in [9.17, 15) is 14.7 Å². The number of carbonyl (C=O) groups is 2. The molecule has 126 valence electrons. The van der Waals surface area contributed by atoms with Crippen molar-refractivity contribution in [3.05, 3.63) is 29.5 Å². The van der Waals surface area contributed by atoms with Crippen LogP contribution in [0, 0.1) is 0 Å². The van der Waals surface area contributed by atoms with E-state index in [1.807, 2.05) is 12.1 Å². The molecule has 1 aromatic carbocycles. The molecule has 1 saturated heterocycles. The maximum Gasteiger partial charge on any atom is 0.326 e. The van der Waals surface area contributed by atoms with Gasteiger partial charge in [-0.2, -0.15) is 0 Å². The highest BCUT2D eigenvalue weighted by atomic mass is 16.4. The number of aromatic amines is 1. The number of carboxylic acid groups (broad SMARTS) is 1. The summed E-state index contributed by atoms with van der Waals surface area (Å²) in [5, 5.41) is 10.4. The lowest BCUT2D eigenvalue weighted by molar-refractivity contribution is -0.141. The number of para-hydroxylation sites is 1. The summed E-state index contributed by atoms with van der Waals surface area (Å²) in [7, 11) is 2.07. The van der Waals surface area contributed by atoms with E-state index in [2.05, 4.69) is 16.9 Å². The maximum atomic E-state index is 13.0. The largest absolute Gasteiger partial charge is 0.480 e. The van der Waals surface area contributed by atoms with Crippen LogP contribution in [0.5, 0.6) is 0 Å². The molecule has 0 bridgehead atoms. The third kappa shape index (κ3) is 2.17. The second kappa shape index (κ2) is 5.54. The monoisotopic (exact) mass is 327 g/mol. The van der Waals surface area contributed by atoms with Crippen LogP contribution in [0.1, 0.15) is 35.3 Å². The summed E-state index contributed by atoms with van der Waals surface area (Å²) in [6.45, 7) is 1.51. The van der Waals surface area contributed by atoms with Crippen LogP contribution >= 0.6 is 0 Å². The number of hydrogen-bond acceptors (Lipinski definition) is 3. The topological polar surface area (TPSA) is 76.6 Å². The Morgan fingerprint density at radius 1 is 1.25 bits per heavy atom. The molecule has 1 amide bonds. The molecule has 3 heterocycles. The molecule has 24 heavy (non-hydrogen) atoms. The predicted octanol–water partition coefficient (Wildman–Crippen LogP) is 2.24. The number of hydrogen-bond donors (Lipinski definition) is 2. The van der Waals surface area contributed by atoms with Gasteiger partial charge < -0.3 is 19.9 Å². The van der Waals surface area contributed by atoms with E-state index >= 15 is 0 Å². The van der Waals surface area contributed by atoms with Crippen molar-refractivity contribution in [3.63, 3.8) is 0 Å². The number of likely N-dealkylation sites (tertiary alicyclic amines) is 1.